The van der Waals surface area contributed by atoms with Crippen molar-refractivity contribution in [3.05, 3.63) is 12.2 Å². The van der Waals surface area contributed by atoms with Gasteiger partial charge in [-0.05, 0) is 32.1 Å². The zero-order valence-electron chi connectivity index (χ0n) is 17.0. The zero-order chi connectivity index (χ0) is 24.8. The van der Waals surface area contributed by atoms with E-state index in [-0.39, 0.29) is 6.04 Å². The van der Waals surface area contributed by atoms with Crippen molar-refractivity contribution in [1.29, 1.82) is 10.5 Å². The van der Waals surface area contributed by atoms with Crippen molar-refractivity contribution in [2.75, 3.05) is 6.54 Å². The number of hydrogen-bond donors (Lipinski definition) is 7. The smallest absolute Gasteiger partial charge is 0.328 e. The summed E-state index contributed by atoms with van der Waals surface area (Å²) in [6.45, 7) is 2.25. The molecule has 13 nitrogen and oxygen atoms in total. The molecule has 4 atom stereocenters. The second kappa shape index (κ2) is 23.3. The molecule has 174 valence electrons. The summed E-state index contributed by atoms with van der Waals surface area (Å²) in [7, 11) is 0. The van der Waals surface area contributed by atoms with Crippen molar-refractivity contribution in [2.24, 2.45) is 22.9 Å². The van der Waals surface area contributed by atoms with E-state index in [0.717, 1.165) is 0 Å². The van der Waals surface area contributed by atoms with Gasteiger partial charge in [0.05, 0.1) is 18.2 Å². The molecule has 30 heavy (non-hydrogen) atoms. The van der Waals surface area contributed by atoms with Gasteiger partial charge in [0.25, 0.3) is 0 Å². The van der Waals surface area contributed by atoms with E-state index in [1.807, 2.05) is 13.0 Å². The van der Waals surface area contributed by atoms with E-state index in [0.29, 0.717) is 31.5 Å². The normalized spacial score (nSPS) is 14.3. The lowest BCUT2D eigenvalue weighted by atomic mass is 10.4. The Morgan fingerprint density at radius 3 is 1.70 bits per heavy atom. The highest BCUT2D eigenvalue weighted by molar-refractivity contribution is 8.07. The third kappa shape index (κ3) is 45.0. The van der Waals surface area contributed by atoms with Crippen LogP contribution in [0.5, 0.6) is 0 Å². The van der Waals surface area contributed by atoms with Crippen LogP contribution in [0.15, 0.2) is 12.2 Å². The number of carboxylic acids is 2. The second-order valence-electron chi connectivity index (χ2n) is 4.96. The number of carbonyl (C=O) groups is 2. The van der Waals surface area contributed by atoms with Gasteiger partial charge in [0.1, 0.15) is 12.5 Å². The van der Waals surface area contributed by atoms with Gasteiger partial charge in [0.2, 0.25) is 0 Å². The minimum Gasteiger partial charge on any atom is -0.478 e. The molecule has 15 heteroatoms. The number of nitrogens with zero attached hydrogens (tertiary/aromatic N) is 2. The summed E-state index contributed by atoms with van der Waals surface area (Å²) in [5.41, 5.74) is 20.5. The molecule has 0 fully saturated rings. The van der Waals surface area contributed by atoms with E-state index < -0.39 is 31.1 Å². The van der Waals surface area contributed by atoms with Crippen LogP contribution in [0, 0.1) is 22.7 Å². The molecular formula is C15H31N6O7PS. The van der Waals surface area contributed by atoms with Crippen LogP contribution in [0.25, 0.3) is 0 Å². The first-order chi connectivity index (χ1) is 13.7. The summed E-state index contributed by atoms with van der Waals surface area (Å²) in [4.78, 5) is 28.4. The minimum atomic E-state index is -3.24. The SMILES string of the molecule is CC(N)C#N.CCC(N)OP(O)(=S)OC(C)N.N#CCCN.O=C(O)C=CC(=O)O. The lowest BCUT2D eigenvalue weighted by Gasteiger charge is -2.20. The standard InChI is InChI=1S/C5H15N2O3PS.C4H4O4.2C3H6N2/c1-3-5(7)10-11(8,12)9-4(2)6;5-3(6)1-2-4(7)8;1-3(5)2-4;4-2-1-3-5/h4-5H,3,6-7H2,1-2H3,(H,8,12);1-2H,(H,5,6)(H,7,8);3H,5H2,1H3;1-2,4H2. The Bertz CT molecular complexity index is 604. The van der Waals surface area contributed by atoms with Crippen molar-refractivity contribution in [1.82, 2.24) is 0 Å². The average Bonchev–Trinajstić information content (AvgIpc) is 2.60. The van der Waals surface area contributed by atoms with E-state index in [1.54, 1.807) is 19.9 Å². The fraction of sp³-hybridized carbons (Fsp3) is 0.600. The first-order valence-corrected chi connectivity index (χ1v) is 10.8. The van der Waals surface area contributed by atoms with Crippen LogP contribution in [0.3, 0.4) is 0 Å². The maximum Gasteiger partial charge on any atom is 0.328 e. The molecule has 0 rings (SSSR count). The molecule has 11 N–H and O–H groups in total. The van der Waals surface area contributed by atoms with Crippen molar-refractivity contribution >= 4 is 30.5 Å². The summed E-state index contributed by atoms with van der Waals surface area (Å²) in [5.74, 6) is -2.51. The monoisotopic (exact) mass is 470 g/mol. The third-order valence-corrected chi connectivity index (χ3v) is 3.45. The number of rotatable bonds is 8. The molecule has 0 aromatic heterocycles. The largest absolute Gasteiger partial charge is 0.478 e. The van der Waals surface area contributed by atoms with Gasteiger partial charge in [-0.3, -0.25) is 9.05 Å². The Kier molecular flexibility index (Phi) is 27.6. The number of nitrogens with two attached hydrogens (primary N) is 4. The maximum absolute atomic E-state index is 9.55. The van der Waals surface area contributed by atoms with E-state index in [4.69, 9.17) is 52.7 Å². The van der Waals surface area contributed by atoms with Gasteiger partial charge in [-0.1, -0.05) is 6.92 Å². The molecule has 0 aliphatic heterocycles. The second-order valence-corrected chi connectivity index (χ2v) is 7.70. The van der Waals surface area contributed by atoms with Crippen molar-refractivity contribution < 1.29 is 33.7 Å². The third-order valence-electron chi connectivity index (χ3n) is 1.80. The van der Waals surface area contributed by atoms with Crippen LogP contribution >= 0.6 is 6.72 Å². The molecule has 0 heterocycles. The van der Waals surface area contributed by atoms with E-state index in [1.165, 1.54) is 0 Å². The van der Waals surface area contributed by atoms with E-state index >= 15 is 0 Å². The lowest BCUT2D eigenvalue weighted by Crippen LogP contribution is -2.24. The molecule has 0 aliphatic carbocycles. The predicted molar refractivity (Wildman–Crippen MR) is 114 cm³/mol. The van der Waals surface area contributed by atoms with Gasteiger partial charge in [-0.2, -0.15) is 10.5 Å². The fourth-order valence-electron chi connectivity index (χ4n) is 0.688. The Labute approximate surface area is 181 Å². The number of aliphatic carboxylic acids is 2. The molecule has 4 unspecified atom stereocenters. The predicted octanol–water partition coefficient (Wildman–Crippen LogP) is -0.336. The molecule has 0 saturated heterocycles. The Hall–Kier alpha value is -1.97. The van der Waals surface area contributed by atoms with E-state index in [2.05, 4.69) is 11.8 Å². The van der Waals surface area contributed by atoms with Crippen molar-refractivity contribution in [3.8, 4) is 12.1 Å². The minimum absolute atomic E-state index is 0.310. The van der Waals surface area contributed by atoms with Crippen LogP contribution < -0.4 is 22.9 Å². The molecule has 0 saturated carbocycles. The summed E-state index contributed by atoms with van der Waals surface area (Å²) in [6.07, 6.45) is 0.899. The lowest BCUT2D eigenvalue weighted by molar-refractivity contribution is -0.134. The molecular weight excluding hydrogens is 439 g/mol. The van der Waals surface area contributed by atoms with Crippen LogP contribution in [0.4, 0.5) is 0 Å². The first kappa shape index (κ1) is 35.5. The molecule has 0 aromatic carbocycles. The number of carboxylic acid groups (broad SMARTS) is 2. The molecule has 0 bridgehead atoms. The summed E-state index contributed by atoms with van der Waals surface area (Å²) in [6, 6.07) is 3.39. The Morgan fingerprint density at radius 2 is 1.53 bits per heavy atom. The summed E-state index contributed by atoms with van der Waals surface area (Å²) >= 11 is 4.62. The van der Waals surface area contributed by atoms with Crippen molar-refractivity contribution in [2.45, 2.75) is 52.1 Å². The number of nitriles is 2. The highest BCUT2D eigenvalue weighted by Crippen LogP contribution is 2.45. The quantitative estimate of drug-likeness (QED) is 0.136. The van der Waals surface area contributed by atoms with Crippen LogP contribution in [-0.2, 0) is 30.4 Å². The van der Waals surface area contributed by atoms with Crippen LogP contribution in [0.1, 0.15) is 33.6 Å². The van der Waals surface area contributed by atoms with Crippen LogP contribution in [0.2, 0.25) is 0 Å². The molecule has 0 radical (unpaired) electrons. The van der Waals surface area contributed by atoms with Gasteiger partial charge in [0, 0.05) is 25.1 Å². The van der Waals surface area contributed by atoms with Crippen LogP contribution in [-0.4, -0.2) is 52.1 Å². The van der Waals surface area contributed by atoms with Gasteiger partial charge in [-0.15, -0.1) is 0 Å². The molecule has 0 aliphatic rings. The fourth-order valence-corrected chi connectivity index (χ4v) is 2.39. The topological polar surface area (TPSA) is 265 Å². The molecule has 0 amide bonds. The summed E-state index contributed by atoms with van der Waals surface area (Å²) in [5, 5.41) is 31.1. The van der Waals surface area contributed by atoms with E-state index in [9.17, 15) is 14.5 Å². The van der Waals surface area contributed by atoms with Gasteiger partial charge in [-0.25, -0.2) is 9.59 Å². The highest BCUT2D eigenvalue weighted by Gasteiger charge is 2.20. The maximum atomic E-state index is 9.55. The average molecular weight is 470 g/mol. The Morgan fingerprint density at radius 1 is 1.13 bits per heavy atom. The van der Waals surface area contributed by atoms with Crippen molar-refractivity contribution in [3.63, 3.8) is 0 Å². The number of hydrogen-bond acceptors (Lipinski definition) is 11. The highest BCUT2D eigenvalue weighted by atomic mass is 32.5. The summed E-state index contributed by atoms with van der Waals surface area (Å²) < 4.78 is 9.62. The zero-order valence-corrected chi connectivity index (χ0v) is 18.8. The Balaban J connectivity index is -0.000000162. The van der Waals surface area contributed by atoms with Gasteiger partial charge < -0.3 is 38.0 Å². The molecule has 0 spiro atoms. The van der Waals surface area contributed by atoms with Gasteiger partial charge in [0.15, 0.2) is 0 Å². The first-order valence-electron chi connectivity index (χ1n) is 8.25. The molecule has 0 aromatic rings. The van der Waals surface area contributed by atoms with Gasteiger partial charge >= 0.3 is 18.7 Å².